The average molecular weight is 337 g/mol. The van der Waals surface area contributed by atoms with E-state index in [4.69, 9.17) is 11.6 Å². The molecular weight excluding hydrogens is 321 g/mol. The molecule has 8 heteroatoms. The van der Waals surface area contributed by atoms with Crippen molar-refractivity contribution in [3.8, 4) is 0 Å². The van der Waals surface area contributed by atoms with Gasteiger partial charge in [-0.05, 0) is 39.0 Å². The average Bonchev–Trinajstić information content (AvgIpc) is 2.27. The second-order valence-electron chi connectivity index (χ2n) is 5.72. The van der Waals surface area contributed by atoms with E-state index in [0.717, 1.165) is 18.2 Å². The predicted molar refractivity (Wildman–Crippen MR) is 77.6 cm³/mol. The molecule has 0 aliphatic carbocycles. The molecule has 0 heterocycles. The van der Waals surface area contributed by atoms with Crippen LogP contribution in [0.2, 0.25) is 5.02 Å². The number of hydrogen-bond acceptors (Lipinski definition) is 2. The van der Waals surface area contributed by atoms with Crippen LogP contribution in [0.4, 0.5) is 18.9 Å². The first-order valence-electron chi connectivity index (χ1n) is 6.36. The summed E-state index contributed by atoms with van der Waals surface area (Å²) in [6.07, 6.45) is -5.06. The van der Waals surface area contributed by atoms with E-state index in [-0.39, 0.29) is 10.7 Å². The maximum atomic E-state index is 12.6. The molecule has 4 nitrogen and oxygen atoms in total. The van der Waals surface area contributed by atoms with Crippen LogP contribution in [-0.4, -0.2) is 17.4 Å². The summed E-state index contributed by atoms with van der Waals surface area (Å²) in [6.45, 7) is 5.23. The molecule has 0 fully saturated rings. The number of amides is 2. The topological polar surface area (TPSA) is 58.2 Å². The van der Waals surface area contributed by atoms with Crippen LogP contribution in [0.3, 0.4) is 0 Å². The first-order valence-corrected chi connectivity index (χ1v) is 6.74. The van der Waals surface area contributed by atoms with Gasteiger partial charge in [0.25, 0.3) is 0 Å². The third kappa shape index (κ3) is 5.93. The minimum atomic E-state index is -4.55. The van der Waals surface area contributed by atoms with Crippen molar-refractivity contribution >= 4 is 29.1 Å². The van der Waals surface area contributed by atoms with Gasteiger partial charge in [-0.25, -0.2) is 0 Å². The molecule has 0 atom stereocenters. The number of carbonyl (C=O) groups excluding carboxylic acids is 2. The summed E-state index contributed by atoms with van der Waals surface area (Å²) in [5.74, 6) is -1.28. The Morgan fingerprint density at radius 3 is 2.23 bits per heavy atom. The highest BCUT2D eigenvalue weighted by atomic mass is 35.5. The Bertz CT molecular complexity index is 580. The van der Waals surface area contributed by atoms with Crippen LogP contribution in [-0.2, 0) is 15.8 Å². The minimum absolute atomic E-state index is 0.0439. The number of hydrogen-bond donors (Lipinski definition) is 2. The van der Waals surface area contributed by atoms with Gasteiger partial charge in [-0.15, -0.1) is 0 Å². The highest BCUT2D eigenvalue weighted by Crippen LogP contribution is 2.33. The fraction of sp³-hybridized carbons (Fsp3) is 0.429. The minimum Gasteiger partial charge on any atom is -0.351 e. The maximum absolute atomic E-state index is 12.6. The number of halogens is 4. The molecule has 1 aromatic rings. The maximum Gasteiger partial charge on any atom is 0.416 e. The van der Waals surface area contributed by atoms with Gasteiger partial charge >= 0.3 is 6.18 Å². The Kier molecular flexibility index (Phi) is 5.45. The summed E-state index contributed by atoms with van der Waals surface area (Å²) in [6, 6.07) is 2.57. The molecule has 122 valence electrons. The van der Waals surface area contributed by atoms with Gasteiger partial charge < -0.3 is 10.6 Å². The molecular formula is C14H16ClF3N2O2. The van der Waals surface area contributed by atoms with Crippen LogP contribution in [0.15, 0.2) is 18.2 Å². The SMILES string of the molecule is CC(C)(C)NC(=O)CC(=O)Nc1cc(C(F)(F)F)ccc1Cl. The van der Waals surface area contributed by atoms with Crippen LogP contribution in [0, 0.1) is 0 Å². The molecule has 0 aliphatic rings. The molecule has 0 saturated carbocycles. The lowest BCUT2D eigenvalue weighted by atomic mass is 10.1. The van der Waals surface area contributed by atoms with Crippen molar-refractivity contribution in [3.05, 3.63) is 28.8 Å². The van der Waals surface area contributed by atoms with Crippen molar-refractivity contribution in [2.75, 3.05) is 5.32 Å². The summed E-state index contributed by atoms with van der Waals surface area (Å²) >= 11 is 5.75. The van der Waals surface area contributed by atoms with Crippen LogP contribution in [0.5, 0.6) is 0 Å². The van der Waals surface area contributed by atoms with Crippen molar-refractivity contribution in [1.82, 2.24) is 5.32 Å². The molecule has 0 aliphatic heterocycles. The lowest BCUT2D eigenvalue weighted by Crippen LogP contribution is -2.41. The zero-order valence-electron chi connectivity index (χ0n) is 12.3. The lowest BCUT2D eigenvalue weighted by molar-refractivity contribution is -0.137. The molecule has 0 aromatic heterocycles. The molecule has 2 amide bonds. The molecule has 0 bridgehead atoms. The third-order valence-electron chi connectivity index (χ3n) is 2.40. The lowest BCUT2D eigenvalue weighted by Gasteiger charge is -2.20. The monoisotopic (exact) mass is 336 g/mol. The van der Waals surface area contributed by atoms with Gasteiger partial charge in [-0.2, -0.15) is 13.2 Å². The van der Waals surface area contributed by atoms with E-state index < -0.39 is 35.5 Å². The molecule has 2 N–H and O–H groups in total. The fourth-order valence-electron chi connectivity index (χ4n) is 1.60. The van der Waals surface area contributed by atoms with E-state index in [2.05, 4.69) is 10.6 Å². The molecule has 1 rings (SSSR count). The van der Waals surface area contributed by atoms with Gasteiger partial charge in [-0.1, -0.05) is 11.6 Å². The van der Waals surface area contributed by atoms with Gasteiger partial charge in [0.1, 0.15) is 6.42 Å². The number of alkyl halides is 3. The van der Waals surface area contributed by atoms with Gasteiger partial charge in [-0.3, -0.25) is 9.59 Å². The third-order valence-corrected chi connectivity index (χ3v) is 2.73. The van der Waals surface area contributed by atoms with Gasteiger partial charge in [0, 0.05) is 5.54 Å². The van der Waals surface area contributed by atoms with E-state index in [9.17, 15) is 22.8 Å². The second kappa shape index (κ2) is 6.56. The molecule has 0 radical (unpaired) electrons. The Morgan fingerprint density at radius 2 is 1.73 bits per heavy atom. The van der Waals surface area contributed by atoms with Crippen molar-refractivity contribution in [2.24, 2.45) is 0 Å². The molecule has 0 unspecified atom stereocenters. The van der Waals surface area contributed by atoms with Crippen LogP contribution < -0.4 is 10.6 Å². The van der Waals surface area contributed by atoms with E-state index >= 15 is 0 Å². The smallest absolute Gasteiger partial charge is 0.351 e. The van der Waals surface area contributed by atoms with Crippen molar-refractivity contribution in [1.29, 1.82) is 0 Å². The number of nitrogens with one attached hydrogen (secondary N) is 2. The molecule has 22 heavy (non-hydrogen) atoms. The van der Waals surface area contributed by atoms with Crippen LogP contribution >= 0.6 is 11.6 Å². The van der Waals surface area contributed by atoms with Crippen LogP contribution in [0.25, 0.3) is 0 Å². The normalized spacial score (nSPS) is 12.0. The summed E-state index contributed by atoms with van der Waals surface area (Å²) in [4.78, 5) is 23.3. The number of rotatable bonds is 3. The summed E-state index contributed by atoms with van der Waals surface area (Å²) in [5.41, 5.74) is -1.64. The molecule has 0 saturated heterocycles. The van der Waals surface area contributed by atoms with E-state index in [1.807, 2.05) is 0 Å². The van der Waals surface area contributed by atoms with Gasteiger partial charge in [0.15, 0.2) is 0 Å². The van der Waals surface area contributed by atoms with Gasteiger partial charge in [0.2, 0.25) is 11.8 Å². The zero-order valence-corrected chi connectivity index (χ0v) is 13.0. The first-order chi connectivity index (χ1) is 9.88. The molecule has 1 aromatic carbocycles. The quantitative estimate of drug-likeness (QED) is 0.829. The highest BCUT2D eigenvalue weighted by Gasteiger charge is 2.31. The Morgan fingerprint density at radius 1 is 1.14 bits per heavy atom. The van der Waals surface area contributed by atoms with Crippen LogP contribution in [0.1, 0.15) is 32.8 Å². The van der Waals surface area contributed by atoms with Gasteiger partial charge in [0.05, 0.1) is 16.3 Å². The highest BCUT2D eigenvalue weighted by molar-refractivity contribution is 6.33. The van der Waals surface area contributed by atoms with E-state index in [1.54, 1.807) is 20.8 Å². The first kappa shape index (κ1) is 18.3. The van der Waals surface area contributed by atoms with E-state index in [0.29, 0.717) is 0 Å². The predicted octanol–water partition coefficient (Wildman–Crippen LogP) is 3.60. The standard InChI is InChI=1S/C14H16ClF3N2O2/c1-13(2,3)20-12(22)7-11(21)19-10-6-8(14(16,17)18)4-5-9(10)15/h4-6H,7H2,1-3H3,(H,19,21)(H,20,22). The zero-order chi connectivity index (χ0) is 17.1. The summed E-state index contributed by atoms with van der Waals surface area (Å²) in [7, 11) is 0. The Labute approximate surface area is 131 Å². The summed E-state index contributed by atoms with van der Waals surface area (Å²) < 4.78 is 37.8. The second-order valence-corrected chi connectivity index (χ2v) is 6.12. The van der Waals surface area contributed by atoms with Crippen molar-refractivity contribution in [2.45, 2.75) is 38.9 Å². The Balaban J connectivity index is 2.78. The molecule has 0 spiro atoms. The number of carbonyl (C=O) groups is 2. The number of benzene rings is 1. The number of anilines is 1. The Hall–Kier alpha value is -1.76. The summed E-state index contributed by atoms with van der Waals surface area (Å²) in [5, 5.41) is 4.74. The fourth-order valence-corrected chi connectivity index (χ4v) is 1.76. The van der Waals surface area contributed by atoms with Crippen molar-refractivity contribution < 1.29 is 22.8 Å². The van der Waals surface area contributed by atoms with E-state index in [1.165, 1.54) is 0 Å². The van der Waals surface area contributed by atoms with Crippen molar-refractivity contribution in [3.63, 3.8) is 0 Å². The largest absolute Gasteiger partial charge is 0.416 e.